The Bertz CT molecular complexity index is 1610. The summed E-state index contributed by atoms with van der Waals surface area (Å²) in [5.74, 6) is -0.0421. The predicted octanol–water partition coefficient (Wildman–Crippen LogP) is 5.01. The molecule has 0 bridgehead atoms. The summed E-state index contributed by atoms with van der Waals surface area (Å²) in [5.41, 5.74) is 3.17. The molecule has 2 aromatic heterocycles. The fourth-order valence-corrected chi connectivity index (χ4v) is 6.66. The Balaban J connectivity index is 1.32. The van der Waals surface area contributed by atoms with Crippen molar-refractivity contribution in [2.75, 3.05) is 12.4 Å². The molecule has 3 heterocycles. The van der Waals surface area contributed by atoms with Crippen LogP contribution in [0.3, 0.4) is 0 Å². The summed E-state index contributed by atoms with van der Waals surface area (Å²) in [6, 6.07) is 13.0. The SMILES string of the molecule is Cc1[nH]c2ccccc2c1C(=O)CSc1nc2cc(C(=O)NC3CCCC3)ccc2c(=O)n1CC1CCCO1. The molecule has 1 aliphatic carbocycles. The molecule has 202 valence electrons. The fraction of sp³-hybridized carbons (Fsp3) is 0.400. The molecule has 2 aromatic carbocycles. The molecule has 0 spiro atoms. The summed E-state index contributed by atoms with van der Waals surface area (Å²) >= 11 is 1.26. The second-order valence-electron chi connectivity index (χ2n) is 10.5. The minimum atomic E-state index is -0.184. The smallest absolute Gasteiger partial charge is 0.262 e. The van der Waals surface area contributed by atoms with Gasteiger partial charge in [0.15, 0.2) is 10.9 Å². The van der Waals surface area contributed by atoms with E-state index >= 15 is 0 Å². The molecule has 2 N–H and O–H groups in total. The van der Waals surface area contributed by atoms with Gasteiger partial charge < -0.3 is 15.0 Å². The van der Waals surface area contributed by atoms with E-state index in [9.17, 15) is 14.4 Å². The van der Waals surface area contributed by atoms with Crippen LogP contribution in [-0.2, 0) is 11.3 Å². The van der Waals surface area contributed by atoms with Gasteiger partial charge in [-0.1, -0.05) is 42.8 Å². The summed E-state index contributed by atoms with van der Waals surface area (Å²) in [6.07, 6.45) is 6.03. The van der Waals surface area contributed by atoms with Gasteiger partial charge in [0.1, 0.15) is 0 Å². The van der Waals surface area contributed by atoms with Crippen LogP contribution in [0.15, 0.2) is 52.4 Å². The van der Waals surface area contributed by atoms with E-state index in [0.29, 0.717) is 40.3 Å². The number of nitrogens with zero attached hydrogens (tertiary/aromatic N) is 2. The summed E-state index contributed by atoms with van der Waals surface area (Å²) in [7, 11) is 0. The first-order chi connectivity index (χ1) is 19.0. The van der Waals surface area contributed by atoms with Crippen molar-refractivity contribution in [2.45, 2.75) is 69.3 Å². The Morgan fingerprint density at radius 3 is 2.72 bits per heavy atom. The number of carbonyl (C=O) groups is 2. The number of nitrogens with one attached hydrogen (secondary N) is 2. The van der Waals surface area contributed by atoms with Crippen molar-refractivity contribution in [2.24, 2.45) is 0 Å². The number of ether oxygens (including phenoxy) is 1. The average molecular weight is 545 g/mol. The summed E-state index contributed by atoms with van der Waals surface area (Å²) < 4.78 is 7.46. The lowest BCUT2D eigenvalue weighted by Crippen LogP contribution is -2.32. The number of amides is 1. The number of Topliss-reactive ketones (excluding diaryl/α,β-unsaturated/α-hetero) is 1. The molecule has 2 fully saturated rings. The lowest BCUT2D eigenvalue weighted by Gasteiger charge is -2.17. The van der Waals surface area contributed by atoms with Crippen LogP contribution in [0, 0.1) is 6.92 Å². The van der Waals surface area contributed by atoms with Gasteiger partial charge in [-0.3, -0.25) is 19.0 Å². The monoisotopic (exact) mass is 544 g/mol. The topological polar surface area (TPSA) is 106 Å². The third kappa shape index (κ3) is 5.25. The van der Waals surface area contributed by atoms with Crippen molar-refractivity contribution in [3.8, 4) is 0 Å². The highest BCUT2D eigenvalue weighted by atomic mass is 32.2. The quantitative estimate of drug-likeness (QED) is 0.183. The van der Waals surface area contributed by atoms with E-state index in [-0.39, 0.29) is 35.1 Å². The van der Waals surface area contributed by atoms with E-state index in [4.69, 9.17) is 9.72 Å². The third-order valence-corrected chi connectivity index (χ3v) is 8.76. The number of aromatic amines is 1. The van der Waals surface area contributed by atoms with Crippen molar-refractivity contribution in [3.63, 3.8) is 0 Å². The molecule has 1 atom stereocenters. The van der Waals surface area contributed by atoms with E-state index in [2.05, 4.69) is 10.3 Å². The molecule has 39 heavy (non-hydrogen) atoms. The van der Waals surface area contributed by atoms with Crippen LogP contribution in [0.4, 0.5) is 0 Å². The van der Waals surface area contributed by atoms with Gasteiger partial charge in [-0.05, 0) is 56.9 Å². The molecule has 1 aliphatic heterocycles. The first kappa shape index (κ1) is 25.8. The minimum absolute atomic E-state index is 0.0299. The molecule has 1 unspecified atom stereocenters. The number of fused-ring (bicyclic) bond motifs is 2. The zero-order valence-electron chi connectivity index (χ0n) is 22.0. The van der Waals surface area contributed by atoms with Crippen LogP contribution in [0.5, 0.6) is 0 Å². The Kier molecular flexibility index (Phi) is 7.27. The van der Waals surface area contributed by atoms with E-state index in [1.807, 2.05) is 31.2 Å². The molecule has 4 aromatic rings. The van der Waals surface area contributed by atoms with Gasteiger partial charge in [-0.2, -0.15) is 0 Å². The minimum Gasteiger partial charge on any atom is -0.376 e. The van der Waals surface area contributed by atoms with Gasteiger partial charge in [0.25, 0.3) is 11.5 Å². The zero-order chi connectivity index (χ0) is 26.9. The molecule has 0 radical (unpaired) electrons. The van der Waals surface area contributed by atoms with Crippen molar-refractivity contribution >= 4 is 45.3 Å². The summed E-state index contributed by atoms with van der Waals surface area (Å²) in [4.78, 5) is 48.1. The van der Waals surface area contributed by atoms with E-state index in [0.717, 1.165) is 55.1 Å². The number of benzene rings is 2. The molecular weight excluding hydrogens is 512 g/mol. The van der Waals surface area contributed by atoms with Gasteiger partial charge in [0, 0.05) is 40.4 Å². The molecule has 8 nitrogen and oxygen atoms in total. The Morgan fingerprint density at radius 2 is 1.92 bits per heavy atom. The second kappa shape index (κ2) is 11.0. The molecular formula is C30H32N4O4S. The molecule has 1 amide bonds. The van der Waals surface area contributed by atoms with Crippen LogP contribution in [0.2, 0.25) is 0 Å². The van der Waals surface area contributed by atoms with Gasteiger partial charge >= 0.3 is 0 Å². The summed E-state index contributed by atoms with van der Waals surface area (Å²) in [6.45, 7) is 2.96. The predicted molar refractivity (Wildman–Crippen MR) is 153 cm³/mol. The van der Waals surface area contributed by atoms with Crippen molar-refractivity contribution in [1.29, 1.82) is 0 Å². The van der Waals surface area contributed by atoms with Gasteiger partial charge in [-0.25, -0.2) is 4.98 Å². The number of H-pyrrole nitrogens is 1. The Labute approximate surface area is 230 Å². The second-order valence-corrected chi connectivity index (χ2v) is 11.5. The van der Waals surface area contributed by atoms with Crippen molar-refractivity contribution < 1.29 is 14.3 Å². The maximum absolute atomic E-state index is 13.7. The highest BCUT2D eigenvalue weighted by Gasteiger charge is 2.23. The number of carbonyl (C=O) groups excluding carboxylic acids is 2. The summed E-state index contributed by atoms with van der Waals surface area (Å²) in [5, 5.41) is 4.91. The molecule has 6 rings (SSSR count). The lowest BCUT2D eigenvalue weighted by molar-refractivity contribution is 0.0935. The maximum Gasteiger partial charge on any atom is 0.262 e. The number of aryl methyl sites for hydroxylation is 1. The Hall–Kier alpha value is -3.43. The average Bonchev–Trinajstić information content (AvgIpc) is 3.70. The van der Waals surface area contributed by atoms with Crippen LogP contribution in [0.25, 0.3) is 21.8 Å². The number of aromatic nitrogens is 3. The first-order valence-electron chi connectivity index (χ1n) is 13.7. The standard InChI is InChI=1S/C30H32N4O4S/c1-18-27(22-10-4-5-11-24(22)31-18)26(35)17-39-30-33-25-15-19(28(36)32-20-7-2-3-8-20)12-13-23(25)29(37)34(30)16-21-9-6-14-38-21/h4-5,10-13,15,20-21,31H,2-3,6-9,14,16-17H2,1H3,(H,32,36). The number of thioether (sulfide) groups is 1. The van der Waals surface area contributed by atoms with Crippen LogP contribution in [0.1, 0.15) is 64.9 Å². The number of para-hydroxylation sites is 1. The van der Waals surface area contributed by atoms with Gasteiger partial charge in [0.05, 0.1) is 29.3 Å². The third-order valence-electron chi connectivity index (χ3n) is 7.79. The Morgan fingerprint density at radius 1 is 1.10 bits per heavy atom. The lowest BCUT2D eigenvalue weighted by atomic mass is 10.1. The number of hydrogen-bond acceptors (Lipinski definition) is 6. The molecule has 9 heteroatoms. The van der Waals surface area contributed by atoms with E-state index in [1.165, 1.54) is 11.8 Å². The van der Waals surface area contributed by atoms with Crippen LogP contribution < -0.4 is 10.9 Å². The highest BCUT2D eigenvalue weighted by molar-refractivity contribution is 7.99. The largest absolute Gasteiger partial charge is 0.376 e. The van der Waals surface area contributed by atoms with Gasteiger partial charge in [-0.15, -0.1) is 0 Å². The molecule has 1 saturated carbocycles. The highest BCUT2D eigenvalue weighted by Crippen LogP contribution is 2.27. The molecule has 1 saturated heterocycles. The zero-order valence-corrected chi connectivity index (χ0v) is 22.8. The maximum atomic E-state index is 13.7. The van der Waals surface area contributed by atoms with E-state index < -0.39 is 0 Å². The van der Waals surface area contributed by atoms with Crippen LogP contribution >= 0.6 is 11.8 Å². The van der Waals surface area contributed by atoms with Gasteiger partial charge in [0.2, 0.25) is 0 Å². The van der Waals surface area contributed by atoms with E-state index in [1.54, 1.807) is 22.8 Å². The molecule has 2 aliphatic rings. The fourth-order valence-electron chi connectivity index (χ4n) is 5.78. The normalized spacial score (nSPS) is 17.8. The van der Waals surface area contributed by atoms with Crippen molar-refractivity contribution in [1.82, 2.24) is 19.9 Å². The van der Waals surface area contributed by atoms with Crippen LogP contribution in [-0.4, -0.2) is 50.7 Å². The van der Waals surface area contributed by atoms with Crippen molar-refractivity contribution in [3.05, 3.63) is 69.6 Å². The first-order valence-corrected chi connectivity index (χ1v) is 14.7. The number of ketones is 1. The number of hydrogen-bond donors (Lipinski definition) is 2. The number of rotatable bonds is 8.